The summed E-state index contributed by atoms with van der Waals surface area (Å²) in [7, 11) is 2.16. The van der Waals surface area contributed by atoms with Crippen LogP contribution in [-0.2, 0) is 13.1 Å². The van der Waals surface area contributed by atoms with E-state index in [0.717, 1.165) is 31.9 Å². The highest BCUT2D eigenvalue weighted by Gasteiger charge is 2.08. The highest BCUT2D eigenvalue weighted by Crippen LogP contribution is 2.13. The van der Waals surface area contributed by atoms with Crippen LogP contribution in [-0.4, -0.2) is 25.0 Å². The van der Waals surface area contributed by atoms with Crippen LogP contribution in [0.4, 0.5) is 0 Å². The summed E-state index contributed by atoms with van der Waals surface area (Å²) < 4.78 is 5.56. The molecule has 0 amide bonds. The molecule has 0 radical (unpaired) electrons. The van der Waals surface area contributed by atoms with Crippen molar-refractivity contribution < 1.29 is 4.42 Å². The molecule has 0 saturated heterocycles. The molecule has 0 bridgehead atoms. The van der Waals surface area contributed by atoms with Crippen LogP contribution in [0.25, 0.3) is 0 Å². The molecule has 3 heteroatoms. The van der Waals surface area contributed by atoms with Crippen molar-refractivity contribution >= 4 is 0 Å². The molecular formula is C14H26N2O. The van der Waals surface area contributed by atoms with Gasteiger partial charge in [-0.3, -0.25) is 4.90 Å². The molecule has 0 aromatic carbocycles. The minimum Gasteiger partial charge on any atom is -0.468 e. The minimum atomic E-state index is 0.908. The molecule has 1 N–H and O–H groups in total. The fourth-order valence-electron chi connectivity index (χ4n) is 1.88. The molecule has 0 fully saturated rings. The lowest BCUT2D eigenvalue weighted by Gasteiger charge is -2.15. The smallest absolute Gasteiger partial charge is 0.122 e. The molecule has 1 aromatic heterocycles. The first-order valence-electron chi connectivity index (χ1n) is 6.72. The number of hydrogen-bond acceptors (Lipinski definition) is 3. The summed E-state index contributed by atoms with van der Waals surface area (Å²) in [6.07, 6.45) is 5.66. The van der Waals surface area contributed by atoms with Gasteiger partial charge >= 0.3 is 0 Å². The van der Waals surface area contributed by atoms with Gasteiger partial charge in [0.15, 0.2) is 0 Å². The maximum absolute atomic E-state index is 5.56. The zero-order valence-electron chi connectivity index (χ0n) is 11.5. The largest absolute Gasteiger partial charge is 0.468 e. The van der Waals surface area contributed by atoms with E-state index >= 15 is 0 Å². The van der Waals surface area contributed by atoms with Gasteiger partial charge in [0, 0.05) is 12.1 Å². The van der Waals surface area contributed by atoms with Crippen LogP contribution < -0.4 is 5.32 Å². The van der Waals surface area contributed by atoms with E-state index in [1.165, 1.54) is 24.8 Å². The van der Waals surface area contributed by atoms with Gasteiger partial charge in [-0.25, -0.2) is 0 Å². The Morgan fingerprint density at radius 3 is 2.82 bits per heavy atom. The second-order valence-corrected chi connectivity index (χ2v) is 4.59. The summed E-state index contributed by atoms with van der Waals surface area (Å²) in [6.45, 7) is 8.33. The third-order valence-corrected chi connectivity index (χ3v) is 2.96. The number of furan rings is 1. The Balaban J connectivity index is 2.36. The Labute approximate surface area is 105 Å². The van der Waals surface area contributed by atoms with E-state index in [4.69, 9.17) is 4.42 Å². The van der Waals surface area contributed by atoms with E-state index in [1.807, 2.05) is 0 Å². The van der Waals surface area contributed by atoms with Crippen molar-refractivity contribution in [1.82, 2.24) is 10.2 Å². The molecule has 0 atom stereocenters. The average Bonchev–Trinajstić information content (AvgIpc) is 2.74. The van der Waals surface area contributed by atoms with E-state index in [-0.39, 0.29) is 0 Å². The predicted octanol–water partition coefficient (Wildman–Crippen LogP) is 3.01. The Kier molecular flexibility index (Phi) is 6.97. The quantitative estimate of drug-likeness (QED) is 0.670. The molecule has 3 nitrogen and oxygen atoms in total. The molecule has 0 saturated carbocycles. The molecule has 0 aliphatic rings. The minimum absolute atomic E-state index is 0.908. The van der Waals surface area contributed by atoms with Crippen molar-refractivity contribution in [2.45, 2.75) is 46.2 Å². The molecule has 1 aromatic rings. The summed E-state index contributed by atoms with van der Waals surface area (Å²) in [6, 6.07) is 2.07. The van der Waals surface area contributed by atoms with Crippen LogP contribution in [0, 0.1) is 0 Å². The third-order valence-electron chi connectivity index (χ3n) is 2.96. The normalized spacial score (nSPS) is 11.3. The van der Waals surface area contributed by atoms with Crippen molar-refractivity contribution in [3.63, 3.8) is 0 Å². The molecular weight excluding hydrogens is 212 g/mol. The number of nitrogens with one attached hydrogen (secondary N) is 1. The van der Waals surface area contributed by atoms with Crippen molar-refractivity contribution in [3.8, 4) is 0 Å². The first-order chi connectivity index (χ1) is 8.27. The maximum Gasteiger partial charge on any atom is 0.122 e. The van der Waals surface area contributed by atoms with Crippen LogP contribution in [0.1, 0.15) is 44.4 Å². The van der Waals surface area contributed by atoms with Gasteiger partial charge < -0.3 is 9.73 Å². The standard InChI is InChI=1S/C14H26N2O/c1-4-6-7-9-16(3)12-14-13(8-10-17-14)11-15-5-2/h8,10,15H,4-7,9,11-12H2,1-3H3. The molecule has 0 spiro atoms. The molecule has 17 heavy (non-hydrogen) atoms. The van der Waals surface area contributed by atoms with Crippen molar-refractivity contribution in [1.29, 1.82) is 0 Å². The number of hydrogen-bond donors (Lipinski definition) is 1. The van der Waals surface area contributed by atoms with Gasteiger partial charge in [-0.1, -0.05) is 26.7 Å². The highest BCUT2D eigenvalue weighted by molar-refractivity contribution is 5.16. The second-order valence-electron chi connectivity index (χ2n) is 4.59. The Morgan fingerprint density at radius 2 is 2.12 bits per heavy atom. The molecule has 1 rings (SSSR count). The van der Waals surface area contributed by atoms with Crippen molar-refractivity contribution in [3.05, 3.63) is 23.7 Å². The predicted molar refractivity (Wildman–Crippen MR) is 71.9 cm³/mol. The summed E-state index contributed by atoms with van der Waals surface area (Å²) >= 11 is 0. The molecule has 0 aliphatic carbocycles. The Hall–Kier alpha value is -0.800. The van der Waals surface area contributed by atoms with Gasteiger partial charge in [0.1, 0.15) is 5.76 Å². The van der Waals surface area contributed by atoms with Crippen LogP contribution in [0.2, 0.25) is 0 Å². The lowest BCUT2D eigenvalue weighted by atomic mass is 10.2. The summed E-state index contributed by atoms with van der Waals surface area (Å²) in [5.74, 6) is 1.10. The molecule has 0 aliphatic heterocycles. The topological polar surface area (TPSA) is 28.4 Å². The monoisotopic (exact) mass is 238 g/mol. The van der Waals surface area contributed by atoms with Crippen LogP contribution in [0.5, 0.6) is 0 Å². The van der Waals surface area contributed by atoms with Gasteiger partial charge in [0.05, 0.1) is 12.8 Å². The van der Waals surface area contributed by atoms with E-state index in [9.17, 15) is 0 Å². The van der Waals surface area contributed by atoms with E-state index in [0.29, 0.717) is 0 Å². The lowest BCUT2D eigenvalue weighted by Crippen LogP contribution is -2.20. The molecule has 1 heterocycles. The third kappa shape index (κ3) is 5.37. The van der Waals surface area contributed by atoms with Gasteiger partial charge in [0.2, 0.25) is 0 Å². The van der Waals surface area contributed by atoms with E-state index in [2.05, 4.69) is 37.2 Å². The number of nitrogens with zero attached hydrogens (tertiary/aromatic N) is 1. The SMILES string of the molecule is CCCCCN(C)Cc1occc1CNCC. The Morgan fingerprint density at radius 1 is 1.29 bits per heavy atom. The van der Waals surface area contributed by atoms with E-state index < -0.39 is 0 Å². The Bertz CT molecular complexity index is 296. The fourth-order valence-corrected chi connectivity index (χ4v) is 1.88. The number of rotatable bonds is 9. The van der Waals surface area contributed by atoms with Crippen molar-refractivity contribution in [2.24, 2.45) is 0 Å². The molecule has 0 unspecified atom stereocenters. The fraction of sp³-hybridized carbons (Fsp3) is 0.714. The average molecular weight is 238 g/mol. The highest BCUT2D eigenvalue weighted by atomic mass is 16.3. The summed E-state index contributed by atoms with van der Waals surface area (Å²) in [5, 5.41) is 3.34. The van der Waals surface area contributed by atoms with Gasteiger partial charge in [-0.2, -0.15) is 0 Å². The summed E-state index contributed by atoms with van der Waals surface area (Å²) in [5.41, 5.74) is 1.29. The van der Waals surface area contributed by atoms with Gasteiger partial charge in [0.25, 0.3) is 0 Å². The summed E-state index contributed by atoms with van der Waals surface area (Å²) in [4.78, 5) is 2.34. The van der Waals surface area contributed by atoms with Crippen LogP contribution in [0.15, 0.2) is 16.7 Å². The van der Waals surface area contributed by atoms with E-state index in [1.54, 1.807) is 6.26 Å². The number of unbranched alkanes of at least 4 members (excludes halogenated alkanes) is 2. The van der Waals surface area contributed by atoms with Crippen molar-refractivity contribution in [2.75, 3.05) is 20.1 Å². The zero-order chi connectivity index (χ0) is 12.5. The zero-order valence-corrected chi connectivity index (χ0v) is 11.5. The lowest BCUT2D eigenvalue weighted by molar-refractivity contribution is 0.287. The maximum atomic E-state index is 5.56. The second kappa shape index (κ2) is 8.31. The first-order valence-corrected chi connectivity index (χ1v) is 6.72. The first kappa shape index (κ1) is 14.3. The van der Waals surface area contributed by atoms with Crippen LogP contribution >= 0.6 is 0 Å². The molecule has 98 valence electrons. The van der Waals surface area contributed by atoms with Gasteiger partial charge in [-0.05, 0) is 32.6 Å². The van der Waals surface area contributed by atoms with Crippen LogP contribution in [0.3, 0.4) is 0 Å². The van der Waals surface area contributed by atoms with Gasteiger partial charge in [-0.15, -0.1) is 0 Å².